The number of hydrogen-bond donors (Lipinski definition) is 1. The number of fused-ring (bicyclic) bond motifs is 2. The van der Waals surface area contributed by atoms with Gasteiger partial charge < -0.3 is 0 Å². The van der Waals surface area contributed by atoms with Crippen LogP contribution in [0.2, 0.25) is 0 Å². The molecule has 0 saturated heterocycles. The molecular weight excluding hydrogens is 402 g/mol. The summed E-state index contributed by atoms with van der Waals surface area (Å²) in [4.78, 5) is 22.0. The van der Waals surface area contributed by atoms with E-state index in [4.69, 9.17) is 4.99 Å². The highest BCUT2D eigenvalue weighted by Crippen LogP contribution is 2.29. The molecule has 0 fully saturated rings. The molecule has 3 heterocycles. The maximum Gasteiger partial charge on any atom is 0.276 e. The fourth-order valence-corrected chi connectivity index (χ4v) is 3.72. The monoisotopic (exact) mass is 415 g/mol. The zero-order valence-electron chi connectivity index (χ0n) is 13.3. The number of hydrazone groups is 1. The molecule has 2 aliphatic rings. The van der Waals surface area contributed by atoms with Gasteiger partial charge in [0, 0.05) is 15.9 Å². The van der Waals surface area contributed by atoms with E-state index in [0.717, 1.165) is 26.5 Å². The minimum absolute atomic E-state index is 0.180. The van der Waals surface area contributed by atoms with Gasteiger partial charge in [0.15, 0.2) is 11.3 Å². The van der Waals surface area contributed by atoms with Crippen molar-refractivity contribution in [1.29, 1.82) is 0 Å². The van der Waals surface area contributed by atoms with Crippen LogP contribution in [-0.4, -0.2) is 26.8 Å². The van der Waals surface area contributed by atoms with Crippen molar-refractivity contribution in [3.05, 3.63) is 63.3 Å². The molecule has 0 unspecified atom stereocenters. The summed E-state index contributed by atoms with van der Waals surface area (Å²) in [6, 6.07) is 11.4. The molecular formula is C17H14BrN5OS. The van der Waals surface area contributed by atoms with E-state index < -0.39 is 6.17 Å². The van der Waals surface area contributed by atoms with Crippen molar-refractivity contribution in [2.24, 2.45) is 10.1 Å². The summed E-state index contributed by atoms with van der Waals surface area (Å²) in [6.07, 6.45) is 1.25. The van der Waals surface area contributed by atoms with E-state index in [1.54, 1.807) is 11.2 Å². The molecule has 4 rings (SSSR count). The highest BCUT2D eigenvalue weighted by molar-refractivity contribution is 9.10. The van der Waals surface area contributed by atoms with E-state index >= 15 is 0 Å². The van der Waals surface area contributed by atoms with Gasteiger partial charge in [-0.15, -0.1) is 5.10 Å². The van der Waals surface area contributed by atoms with Crippen molar-refractivity contribution >= 4 is 44.5 Å². The molecule has 0 bridgehead atoms. The van der Waals surface area contributed by atoms with Crippen LogP contribution in [0.4, 0.5) is 0 Å². The van der Waals surface area contributed by atoms with Gasteiger partial charge in [-0.05, 0) is 36.1 Å². The Kier molecular flexibility index (Phi) is 4.30. The molecule has 6 nitrogen and oxygen atoms in total. The largest absolute Gasteiger partial charge is 0.298 e. The normalized spacial score (nSPS) is 18.7. The second-order valence-electron chi connectivity index (χ2n) is 5.40. The molecule has 2 aliphatic heterocycles. The number of carbonyl (C=O) groups excluding carboxylic acids is 1. The second-order valence-corrected chi connectivity index (χ2v) is 7.57. The Bertz CT molecular complexity index is 992. The Hall–Kier alpha value is -2.19. The predicted octanol–water partition coefficient (Wildman–Crippen LogP) is 1.74. The molecule has 25 heavy (non-hydrogen) atoms. The molecule has 8 heteroatoms. The molecule has 0 radical (unpaired) electrons. The maximum atomic E-state index is 12.8. The lowest BCUT2D eigenvalue weighted by Crippen LogP contribution is -2.50. The van der Waals surface area contributed by atoms with E-state index in [0.29, 0.717) is 10.9 Å². The number of aromatic nitrogens is 1. The van der Waals surface area contributed by atoms with Crippen LogP contribution >= 0.6 is 27.7 Å². The Balaban J connectivity index is 1.98. The average molecular weight is 416 g/mol. The van der Waals surface area contributed by atoms with Gasteiger partial charge in [-0.2, -0.15) is 0 Å². The third kappa shape index (κ3) is 2.96. The number of benzene rings is 1. The van der Waals surface area contributed by atoms with Crippen LogP contribution in [0.5, 0.6) is 0 Å². The van der Waals surface area contributed by atoms with Crippen molar-refractivity contribution < 1.29 is 4.79 Å². The number of nitrogens with zero attached hydrogens (tertiary/aromatic N) is 4. The van der Waals surface area contributed by atoms with E-state index in [1.807, 2.05) is 43.3 Å². The van der Waals surface area contributed by atoms with Crippen molar-refractivity contribution in [3.8, 4) is 0 Å². The molecule has 1 atom stereocenters. The highest BCUT2D eigenvalue weighted by Gasteiger charge is 2.34. The maximum absolute atomic E-state index is 12.8. The van der Waals surface area contributed by atoms with Gasteiger partial charge in [0.1, 0.15) is 5.70 Å². The van der Waals surface area contributed by atoms with Gasteiger partial charge in [-0.3, -0.25) is 20.1 Å². The van der Waals surface area contributed by atoms with Crippen LogP contribution in [0.15, 0.2) is 57.2 Å². The highest BCUT2D eigenvalue weighted by atomic mass is 79.9. The quantitative estimate of drug-likeness (QED) is 0.810. The lowest BCUT2D eigenvalue weighted by atomic mass is 10.1. The van der Waals surface area contributed by atoms with Crippen LogP contribution in [-0.2, 0) is 4.79 Å². The number of pyridine rings is 1. The zero-order chi connectivity index (χ0) is 17.4. The number of carbonyl (C=O) groups is 1. The minimum Gasteiger partial charge on any atom is -0.298 e. The number of rotatable bonds is 2. The van der Waals surface area contributed by atoms with Crippen LogP contribution in [0.1, 0.15) is 18.8 Å². The van der Waals surface area contributed by atoms with Crippen molar-refractivity contribution in [2.45, 2.75) is 13.1 Å². The Morgan fingerprint density at radius 2 is 2.20 bits per heavy atom. The predicted molar refractivity (Wildman–Crippen MR) is 101 cm³/mol. The number of thioether (sulfide) groups is 1. The van der Waals surface area contributed by atoms with Crippen LogP contribution in [0, 0.1) is 0 Å². The van der Waals surface area contributed by atoms with Gasteiger partial charge in [0.2, 0.25) is 0 Å². The minimum atomic E-state index is -0.469. The Labute approximate surface area is 156 Å². The van der Waals surface area contributed by atoms with Gasteiger partial charge in [-0.1, -0.05) is 40.7 Å². The standard InChI is InChI=1S/C17H14BrN5OS/c1-2-25-17-21-16(24)14-11-9-10(18)6-7-12(11)20-15(23(14)22-17)13-5-3-4-8-19-13/h3-9,15H,2H2,1H3,(H,21,22,24)/t15-/m0/s1. The Morgan fingerprint density at radius 3 is 2.96 bits per heavy atom. The Morgan fingerprint density at radius 1 is 1.32 bits per heavy atom. The summed E-state index contributed by atoms with van der Waals surface area (Å²) in [5.74, 6) is 0.636. The van der Waals surface area contributed by atoms with E-state index in [-0.39, 0.29) is 5.91 Å². The first-order valence-corrected chi connectivity index (χ1v) is 9.56. The SMILES string of the molecule is CCSC1=NN2C(=c3cc(Br)ccc3=N[C@@H]2c2ccccn2)C(=O)N1. The van der Waals surface area contributed by atoms with Crippen LogP contribution < -0.4 is 15.9 Å². The molecule has 1 aromatic heterocycles. The third-order valence-corrected chi connectivity index (χ3v) is 5.04. The van der Waals surface area contributed by atoms with E-state index in [1.165, 1.54) is 11.8 Å². The molecule has 126 valence electrons. The first-order valence-electron chi connectivity index (χ1n) is 7.78. The zero-order valence-corrected chi connectivity index (χ0v) is 15.7. The molecule has 1 aromatic carbocycles. The second kappa shape index (κ2) is 6.61. The van der Waals surface area contributed by atoms with Crippen LogP contribution in [0.25, 0.3) is 5.70 Å². The summed E-state index contributed by atoms with van der Waals surface area (Å²) < 4.78 is 0.885. The number of halogens is 1. The summed E-state index contributed by atoms with van der Waals surface area (Å²) in [5, 5.41) is 11.2. The summed E-state index contributed by atoms with van der Waals surface area (Å²) in [5.41, 5.74) is 1.23. The molecule has 0 saturated carbocycles. The van der Waals surface area contributed by atoms with Crippen molar-refractivity contribution in [2.75, 3.05) is 5.75 Å². The summed E-state index contributed by atoms with van der Waals surface area (Å²) in [7, 11) is 0. The topological polar surface area (TPSA) is 70.0 Å². The smallest absolute Gasteiger partial charge is 0.276 e. The lowest BCUT2D eigenvalue weighted by Gasteiger charge is -2.33. The summed E-state index contributed by atoms with van der Waals surface area (Å²) in [6.45, 7) is 2.02. The van der Waals surface area contributed by atoms with Gasteiger partial charge in [0.25, 0.3) is 5.91 Å². The first-order chi connectivity index (χ1) is 12.2. The van der Waals surface area contributed by atoms with Crippen molar-refractivity contribution in [1.82, 2.24) is 15.3 Å². The van der Waals surface area contributed by atoms with Gasteiger partial charge in [-0.25, -0.2) is 5.01 Å². The molecule has 1 N–H and O–H groups in total. The molecule has 0 spiro atoms. The van der Waals surface area contributed by atoms with E-state index in [2.05, 4.69) is 31.3 Å². The fraction of sp³-hybridized carbons (Fsp3) is 0.176. The van der Waals surface area contributed by atoms with Gasteiger partial charge >= 0.3 is 0 Å². The number of hydrogen-bond acceptors (Lipinski definition) is 6. The molecule has 1 amide bonds. The number of amidine groups is 1. The number of amides is 1. The summed E-state index contributed by atoms with van der Waals surface area (Å²) >= 11 is 4.95. The fourth-order valence-electron chi connectivity index (χ4n) is 2.77. The molecule has 0 aliphatic carbocycles. The average Bonchev–Trinajstić information content (AvgIpc) is 2.62. The number of nitrogens with one attached hydrogen (secondary N) is 1. The van der Waals surface area contributed by atoms with E-state index in [9.17, 15) is 4.79 Å². The lowest BCUT2D eigenvalue weighted by molar-refractivity contribution is -0.116. The first kappa shape index (κ1) is 16.3. The van der Waals surface area contributed by atoms with Gasteiger partial charge in [0.05, 0.1) is 11.1 Å². The van der Waals surface area contributed by atoms with Crippen molar-refractivity contribution in [3.63, 3.8) is 0 Å². The molecule has 2 aromatic rings. The van der Waals surface area contributed by atoms with Crippen LogP contribution in [0.3, 0.4) is 0 Å². The third-order valence-electron chi connectivity index (χ3n) is 3.80.